The van der Waals surface area contributed by atoms with Crippen LogP contribution >= 0.6 is 0 Å². The Balaban J connectivity index is 2.72. The van der Waals surface area contributed by atoms with Gasteiger partial charge in [-0.3, -0.25) is 4.79 Å². The Kier molecular flexibility index (Phi) is 2.69. The maximum Gasteiger partial charge on any atom is 0.150 e. The van der Waals surface area contributed by atoms with Crippen molar-refractivity contribution in [3.63, 3.8) is 0 Å². The highest BCUT2D eigenvalue weighted by molar-refractivity contribution is 5.90. The molecule has 0 bridgehead atoms. The molecule has 2 aromatic rings. The summed E-state index contributed by atoms with van der Waals surface area (Å²) in [6.07, 6.45) is 4.10. The average molecular weight is 201 g/mol. The Morgan fingerprint density at radius 3 is 3.07 bits per heavy atom. The van der Waals surface area contributed by atoms with E-state index in [-0.39, 0.29) is 0 Å². The lowest BCUT2D eigenvalue weighted by Crippen LogP contribution is -2.08. The van der Waals surface area contributed by atoms with Crippen LogP contribution in [-0.4, -0.2) is 23.3 Å². The Morgan fingerprint density at radius 1 is 1.47 bits per heavy atom. The molecule has 0 atom stereocenters. The molecule has 0 saturated heterocycles. The second kappa shape index (κ2) is 4.14. The van der Waals surface area contributed by atoms with Gasteiger partial charge in [-0.1, -0.05) is 12.1 Å². The van der Waals surface area contributed by atoms with Gasteiger partial charge in [-0.15, -0.1) is 0 Å². The first kappa shape index (κ1) is 9.73. The monoisotopic (exact) mass is 201 g/mol. The van der Waals surface area contributed by atoms with Crippen molar-refractivity contribution in [1.82, 2.24) is 15.3 Å². The third kappa shape index (κ3) is 1.71. The molecule has 76 valence electrons. The minimum absolute atomic E-state index is 0.627. The van der Waals surface area contributed by atoms with Crippen molar-refractivity contribution in [2.45, 2.75) is 6.54 Å². The molecule has 4 heteroatoms. The predicted molar refractivity (Wildman–Crippen MR) is 57.7 cm³/mol. The van der Waals surface area contributed by atoms with Gasteiger partial charge in [0.1, 0.15) is 12.6 Å². The molecule has 0 fully saturated rings. The standard InChI is InChI=1S/C11H11N3O/c1-12-5-10-9(6-15)3-2-8-4-13-7-14-11(8)10/h2-4,6-7,12H,5H2,1H3. The molecule has 1 N–H and O–H groups in total. The SMILES string of the molecule is CNCc1c(C=O)ccc2cncnc12. The Bertz CT molecular complexity index is 496. The number of rotatable bonds is 3. The van der Waals surface area contributed by atoms with Crippen LogP contribution in [0, 0.1) is 0 Å². The van der Waals surface area contributed by atoms with E-state index in [1.807, 2.05) is 13.1 Å². The first-order chi connectivity index (χ1) is 7.36. The summed E-state index contributed by atoms with van der Waals surface area (Å²) in [6.45, 7) is 0.627. The summed E-state index contributed by atoms with van der Waals surface area (Å²) in [7, 11) is 1.84. The van der Waals surface area contributed by atoms with E-state index in [1.165, 1.54) is 6.33 Å². The zero-order valence-electron chi connectivity index (χ0n) is 8.40. The first-order valence-corrected chi connectivity index (χ1v) is 4.68. The van der Waals surface area contributed by atoms with Gasteiger partial charge in [0, 0.05) is 29.3 Å². The topological polar surface area (TPSA) is 54.9 Å². The van der Waals surface area contributed by atoms with Gasteiger partial charge in [-0.05, 0) is 7.05 Å². The van der Waals surface area contributed by atoms with E-state index >= 15 is 0 Å². The van der Waals surface area contributed by atoms with Crippen LogP contribution in [0.15, 0.2) is 24.7 Å². The van der Waals surface area contributed by atoms with E-state index in [0.717, 1.165) is 22.8 Å². The Morgan fingerprint density at radius 2 is 2.33 bits per heavy atom. The number of fused-ring (bicyclic) bond motifs is 1. The van der Waals surface area contributed by atoms with Crippen LogP contribution in [0.1, 0.15) is 15.9 Å². The first-order valence-electron chi connectivity index (χ1n) is 4.68. The fourth-order valence-electron chi connectivity index (χ4n) is 1.60. The molecule has 15 heavy (non-hydrogen) atoms. The maximum absolute atomic E-state index is 10.9. The van der Waals surface area contributed by atoms with Crippen LogP contribution in [0.5, 0.6) is 0 Å². The van der Waals surface area contributed by atoms with Crippen molar-refractivity contribution in [3.05, 3.63) is 35.8 Å². The van der Waals surface area contributed by atoms with Crippen LogP contribution in [0.3, 0.4) is 0 Å². The second-order valence-corrected chi connectivity index (χ2v) is 3.24. The van der Waals surface area contributed by atoms with E-state index in [1.54, 1.807) is 12.3 Å². The van der Waals surface area contributed by atoms with Crippen molar-refractivity contribution >= 4 is 17.2 Å². The second-order valence-electron chi connectivity index (χ2n) is 3.24. The Hall–Kier alpha value is -1.81. The van der Waals surface area contributed by atoms with Gasteiger partial charge in [0.2, 0.25) is 0 Å². The third-order valence-corrected chi connectivity index (χ3v) is 2.30. The smallest absolute Gasteiger partial charge is 0.150 e. The molecule has 0 radical (unpaired) electrons. The molecule has 0 aliphatic rings. The normalized spacial score (nSPS) is 10.5. The molecule has 4 nitrogen and oxygen atoms in total. The predicted octanol–water partition coefficient (Wildman–Crippen LogP) is 1.16. The van der Waals surface area contributed by atoms with Crippen molar-refractivity contribution in [2.75, 3.05) is 7.05 Å². The molecule has 2 rings (SSSR count). The number of carbonyl (C=O) groups excluding carboxylic acids is 1. The molecule has 1 aromatic carbocycles. The molecule has 1 heterocycles. The van der Waals surface area contributed by atoms with Crippen molar-refractivity contribution in [2.24, 2.45) is 0 Å². The van der Waals surface area contributed by atoms with Crippen LogP contribution < -0.4 is 5.32 Å². The molecule has 0 amide bonds. The van der Waals surface area contributed by atoms with E-state index in [4.69, 9.17) is 0 Å². The summed E-state index contributed by atoms with van der Waals surface area (Å²) in [6, 6.07) is 3.66. The summed E-state index contributed by atoms with van der Waals surface area (Å²) in [5.41, 5.74) is 2.44. The number of carbonyl (C=O) groups is 1. The highest BCUT2D eigenvalue weighted by Crippen LogP contribution is 2.18. The molecular formula is C11H11N3O. The van der Waals surface area contributed by atoms with E-state index in [2.05, 4.69) is 15.3 Å². The summed E-state index contributed by atoms with van der Waals surface area (Å²) >= 11 is 0. The fraction of sp³-hybridized carbons (Fsp3) is 0.182. The van der Waals surface area contributed by atoms with Gasteiger partial charge in [-0.2, -0.15) is 0 Å². The number of hydrogen-bond acceptors (Lipinski definition) is 4. The van der Waals surface area contributed by atoms with E-state index < -0.39 is 0 Å². The van der Waals surface area contributed by atoms with Gasteiger partial charge < -0.3 is 5.32 Å². The van der Waals surface area contributed by atoms with Crippen molar-refractivity contribution in [3.8, 4) is 0 Å². The van der Waals surface area contributed by atoms with Gasteiger partial charge in [0.25, 0.3) is 0 Å². The van der Waals surface area contributed by atoms with Gasteiger partial charge in [-0.25, -0.2) is 9.97 Å². The molecule has 0 aliphatic heterocycles. The number of benzene rings is 1. The maximum atomic E-state index is 10.9. The zero-order chi connectivity index (χ0) is 10.7. The van der Waals surface area contributed by atoms with Gasteiger partial charge in [0.15, 0.2) is 0 Å². The molecular weight excluding hydrogens is 190 g/mol. The van der Waals surface area contributed by atoms with E-state index in [0.29, 0.717) is 12.1 Å². The molecule has 0 spiro atoms. The Labute approximate surface area is 87.4 Å². The van der Waals surface area contributed by atoms with Crippen LogP contribution in [0.4, 0.5) is 0 Å². The third-order valence-electron chi connectivity index (χ3n) is 2.30. The molecule has 1 aromatic heterocycles. The van der Waals surface area contributed by atoms with E-state index in [9.17, 15) is 4.79 Å². The fourth-order valence-corrected chi connectivity index (χ4v) is 1.60. The van der Waals surface area contributed by atoms with Crippen LogP contribution in [-0.2, 0) is 6.54 Å². The summed E-state index contributed by atoms with van der Waals surface area (Å²) < 4.78 is 0. The minimum atomic E-state index is 0.627. The lowest BCUT2D eigenvalue weighted by molar-refractivity contribution is 0.112. The summed E-state index contributed by atoms with van der Waals surface area (Å²) in [5, 5.41) is 3.98. The molecule has 0 saturated carbocycles. The quantitative estimate of drug-likeness (QED) is 0.757. The van der Waals surface area contributed by atoms with Crippen LogP contribution in [0.25, 0.3) is 10.9 Å². The summed E-state index contributed by atoms with van der Waals surface area (Å²) in [5.74, 6) is 0. The number of hydrogen-bond donors (Lipinski definition) is 1. The van der Waals surface area contributed by atoms with Crippen molar-refractivity contribution < 1.29 is 4.79 Å². The largest absolute Gasteiger partial charge is 0.316 e. The molecule has 0 aliphatic carbocycles. The number of aromatic nitrogens is 2. The van der Waals surface area contributed by atoms with Gasteiger partial charge >= 0.3 is 0 Å². The van der Waals surface area contributed by atoms with Crippen molar-refractivity contribution in [1.29, 1.82) is 0 Å². The lowest BCUT2D eigenvalue weighted by Gasteiger charge is -2.07. The molecule has 0 unspecified atom stereocenters. The van der Waals surface area contributed by atoms with Crippen LogP contribution in [0.2, 0.25) is 0 Å². The number of nitrogens with one attached hydrogen (secondary N) is 1. The average Bonchev–Trinajstić information content (AvgIpc) is 2.30. The van der Waals surface area contributed by atoms with Gasteiger partial charge in [0.05, 0.1) is 5.52 Å². The summed E-state index contributed by atoms with van der Waals surface area (Å²) in [4.78, 5) is 19.0. The lowest BCUT2D eigenvalue weighted by atomic mass is 10.0. The zero-order valence-corrected chi connectivity index (χ0v) is 8.40. The highest BCUT2D eigenvalue weighted by atomic mass is 16.1. The minimum Gasteiger partial charge on any atom is -0.316 e. The number of aldehydes is 1. The highest BCUT2D eigenvalue weighted by Gasteiger charge is 2.07. The number of nitrogens with zero attached hydrogens (tertiary/aromatic N) is 2.